The topological polar surface area (TPSA) is 56.7 Å². The number of nitrogens with zero attached hydrogens (tertiary/aromatic N) is 2. The van der Waals surface area contributed by atoms with E-state index in [1.807, 2.05) is 48.5 Å². The molecule has 0 fully saturated rings. The van der Waals surface area contributed by atoms with Crippen molar-refractivity contribution in [3.63, 3.8) is 0 Å². The summed E-state index contributed by atoms with van der Waals surface area (Å²) < 4.78 is 0. The van der Waals surface area contributed by atoms with Crippen LogP contribution in [0.15, 0.2) is 53.5 Å². The first-order valence-electron chi connectivity index (χ1n) is 9.71. The monoisotopic (exact) mass is 364 g/mol. The standard InChI is InChI=1S/C22H28N4O/c1-3-26(4-2)15-7-14-23-17-10-12-18(13-11-17)24-16-20-19-8-5-6-9-21(19)25-22(20)27/h5-6,8-13,16,20,23H,3-4,7,14-15H2,1-2H3,(H,25,27). The minimum atomic E-state index is -0.320. The zero-order valence-electron chi connectivity index (χ0n) is 16.1. The van der Waals surface area contributed by atoms with E-state index < -0.39 is 0 Å². The first kappa shape index (κ1) is 19.1. The van der Waals surface area contributed by atoms with E-state index in [1.54, 1.807) is 6.21 Å². The molecule has 1 amide bonds. The van der Waals surface area contributed by atoms with Crippen LogP contribution in [0.25, 0.3) is 0 Å². The third-order valence-corrected chi connectivity index (χ3v) is 4.95. The van der Waals surface area contributed by atoms with Gasteiger partial charge in [-0.05, 0) is 62.0 Å². The van der Waals surface area contributed by atoms with E-state index in [0.29, 0.717) is 0 Å². The molecule has 3 rings (SSSR count). The number of aliphatic imine (C=N–C) groups is 1. The van der Waals surface area contributed by atoms with Crippen LogP contribution in [0.3, 0.4) is 0 Å². The predicted octanol–water partition coefficient (Wildman–Crippen LogP) is 4.27. The van der Waals surface area contributed by atoms with E-state index in [0.717, 1.165) is 55.2 Å². The summed E-state index contributed by atoms with van der Waals surface area (Å²) in [5.74, 6) is -0.342. The molecule has 0 bridgehead atoms. The smallest absolute Gasteiger partial charge is 0.237 e. The zero-order valence-corrected chi connectivity index (χ0v) is 16.1. The summed E-state index contributed by atoms with van der Waals surface area (Å²) in [6.07, 6.45) is 2.85. The molecule has 5 heteroatoms. The van der Waals surface area contributed by atoms with Crippen LogP contribution >= 0.6 is 0 Å². The van der Waals surface area contributed by atoms with Gasteiger partial charge in [0.25, 0.3) is 0 Å². The van der Waals surface area contributed by atoms with Crippen molar-refractivity contribution < 1.29 is 4.79 Å². The number of amides is 1. The lowest BCUT2D eigenvalue weighted by Crippen LogP contribution is -2.25. The molecule has 2 aromatic rings. The number of carbonyl (C=O) groups excluding carboxylic acids is 1. The van der Waals surface area contributed by atoms with Crippen LogP contribution in [0.1, 0.15) is 31.7 Å². The van der Waals surface area contributed by atoms with Crippen molar-refractivity contribution in [2.24, 2.45) is 4.99 Å². The van der Waals surface area contributed by atoms with E-state index in [2.05, 4.69) is 34.4 Å². The number of carbonyl (C=O) groups is 1. The Kier molecular flexibility index (Phi) is 6.60. The summed E-state index contributed by atoms with van der Waals surface area (Å²) in [7, 11) is 0. The number of rotatable bonds is 9. The zero-order chi connectivity index (χ0) is 19.1. The van der Waals surface area contributed by atoms with Crippen molar-refractivity contribution in [3.05, 3.63) is 54.1 Å². The molecule has 0 radical (unpaired) electrons. The second-order valence-electron chi connectivity index (χ2n) is 6.69. The van der Waals surface area contributed by atoms with Gasteiger partial charge in [-0.15, -0.1) is 0 Å². The molecule has 1 aliphatic heterocycles. The normalized spacial score (nSPS) is 16.0. The molecule has 27 heavy (non-hydrogen) atoms. The van der Waals surface area contributed by atoms with Crippen molar-refractivity contribution in [2.75, 3.05) is 36.8 Å². The second kappa shape index (κ2) is 9.33. The molecule has 1 unspecified atom stereocenters. The van der Waals surface area contributed by atoms with Gasteiger partial charge in [-0.1, -0.05) is 32.0 Å². The molecule has 0 saturated carbocycles. The van der Waals surface area contributed by atoms with Gasteiger partial charge in [0, 0.05) is 24.1 Å². The Morgan fingerprint density at radius 3 is 2.59 bits per heavy atom. The van der Waals surface area contributed by atoms with E-state index in [1.165, 1.54) is 0 Å². The minimum Gasteiger partial charge on any atom is -0.385 e. The fourth-order valence-electron chi connectivity index (χ4n) is 3.28. The van der Waals surface area contributed by atoms with Gasteiger partial charge < -0.3 is 15.5 Å². The van der Waals surface area contributed by atoms with Gasteiger partial charge >= 0.3 is 0 Å². The van der Waals surface area contributed by atoms with Crippen LogP contribution in [-0.4, -0.2) is 43.2 Å². The highest BCUT2D eigenvalue weighted by atomic mass is 16.2. The number of para-hydroxylation sites is 1. The van der Waals surface area contributed by atoms with Crippen molar-refractivity contribution >= 4 is 29.2 Å². The molecular formula is C22H28N4O. The van der Waals surface area contributed by atoms with Gasteiger partial charge in [0.1, 0.15) is 5.92 Å². The molecule has 0 spiro atoms. The molecule has 1 aliphatic rings. The highest BCUT2D eigenvalue weighted by Crippen LogP contribution is 2.31. The van der Waals surface area contributed by atoms with Crippen LogP contribution in [0.2, 0.25) is 0 Å². The first-order chi connectivity index (χ1) is 13.2. The third kappa shape index (κ3) is 4.95. The van der Waals surface area contributed by atoms with Crippen LogP contribution in [0.5, 0.6) is 0 Å². The van der Waals surface area contributed by atoms with Gasteiger partial charge in [0.05, 0.1) is 5.69 Å². The summed E-state index contributed by atoms with van der Waals surface area (Å²) >= 11 is 0. The fraction of sp³-hybridized carbons (Fsp3) is 0.364. The summed E-state index contributed by atoms with van der Waals surface area (Å²) in [5.41, 5.74) is 3.80. The Balaban J connectivity index is 1.52. The van der Waals surface area contributed by atoms with Crippen LogP contribution in [0, 0.1) is 0 Å². The lowest BCUT2D eigenvalue weighted by Gasteiger charge is -2.17. The maximum atomic E-state index is 12.1. The van der Waals surface area contributed by atoms with Crippen molar-refractivity contribution in [2.45, 2.75) is 26.2 Å². The molecule has 1 heterocycles. The van der Waals surface area contributed by atoms with Gasteiger partial charge in [0.2, 0.25) is 5.91 Å². The second-order valence-corrected chi connectivity index (χ2v) is 6.69. The van der Waals surface area contributed by atoms with Crippen LogP contribution in [-0.2, 0) is 4.79 Å². The Morgan fingerprint density at radius 1 is 1.11 bits per heavy atom. The summed E-state index contributed by atoms with van der Waals surface area (Å²) in [5, 5.41) is 6.34. The fourth-order valence-corrected chi connectivity index (χ4v) is 3.28. The Bertz CT molecular complexity index is 781. The quantitative estimate of drug-likeness (QED) is 0.516. The highest BCUT2D eigenvalue weighted by Gasteiger charge is 2.28. The molecule has 0 aromatic heterocycles. The number of benzene rings is 2. The number of anilines is 2. The molecular weight excluding hydrogens is 336 g/mol. The SMILES string of the molecule is CCN(CC)CCCNc1ccc(N=CC2C(=O)Nc3ccccc32)cc1. The molecule has 5 nitrogen and oxygen atoms in total. The number of hydrogen-bond acceptors (Lipinski definition) is 4. The maximum absolute atomic E-state index is 12.1. The maximum Gasteiger partial charge on any atom is 0.237 e. The third-order valence-electron chi connectivity index (χ3n) is 4.95. The summed E-state index contributed by atoms with van der Waals surface area (Å²) in [6, 6.07) is 15.8. The Labute approximate surface area is 161 Å². The van der Waals surface area contributed by atoms with Crippen molar-refractivity contribution in [1.29, 1.82) is 0 Å². The van der Waals surface area contributed by atoms with Gasteiger partial charge in [-0.2, -0.15) is 0 Å². The number of fused-ring (bicyclic) bond motifs is 1. The van der Waals surface area contributed by atoms with E-state index >= 15 is 0 Å². The lowest BCUT2D eigenvalue weighted by molar-refractivity contribution is -0.115. The molecule has 0 aliphatic carbocycles. The summed E-state index contributed by atoms with van der Waals surface area (Å²) in [4.78, 5) is 19.1. The molecule has 142 valence electrons. The average molecular weight is 364 g/mol. The Morgan fingerprint density at radius 2 is 1.85 bits per heavy atom. The van der Waals surface area contributed by atoms with Crippen LogP contribution in [0.4, 0.5) is 17.1 Å². The van der Waals surface area contributed by atoms with Crippen molar-refractivity contribution in [1.82, 2.24) is 4.90 Å². The van der Waals surface area contributed by atoms with Gasteiger partial charge in [0.15, 0.2) is 0 Å². The van der Waals surface area contributed by atoms with Crippen molar-refractivity contribution in [3.8, 4) is 0 Å². The first-order valence-corrected chi connectivity index (χ1v) is 9.71. The van der Waals surface area contributed by atoms with E-state index in [-0.39, 0.29) is 11.8 Å². The van der Waals surface area contributed by atoms with Gasteiger partial charge in [-0.3, -0.25) is 9.79 Å². The molecule has 2 N–H and O–H groups in total. The summed E-state index contributed by atoms with van der Waals surface area (Å²) in [6.45, 7) is 8.68. The average Bonchev–Trinajstić information content (AvgIpc) is 3.02. The molecule has 1 atom stereocenters. The Hall–Kier alpha value is -2.66. The molecule has 2 aromatic carbocycles. The predicted molar refractivity (Wildman–Crippen MR) is 113 cm³/mol. The highest BCUT2D eigenvalue weighted by molar-refractivity contribution is 6.12. The van der Waals surface area contributed by atoms with E-state index in [4.69, 9.17) is 0 Å². The lowest BCUT2D eigenvalue weighted by atomic mass is 10.0. The molecule has 0 saturated heterocycles. The largest absolute Gasteiger partial charge is 0.385 e. The number of nitrogens with one attached hydrogen (secondary N) is 2. The minimum absolute atomic E-state index is 0.0218. The van der Waals surface area contributed by atoms with Crippen LogP contribution < -0.4 is 10.6 Å². The number of hydrogen-bond donors (Lipinski definition) is 2. The van der Waals surface area contributed by atoms with Gasteiger partial charge in [-0.25, -0.2) is 0 Å². The van der Waals surface area contributed by atoms with E-state index in [9.17, 15) is 4.79 Å².